The van der Waals surface area contributed by atoms with Crippen LogP contribution in [0.15, 0.2) is 12.2 Å². The summed E-state index contributed by atoms with van der Waals surface area (Å²) >= 11 is 0. The first kappa shape index (κ1) is 14.5. The molecule has 0 radical (unpaired) electrons. The lowest BCUT2D eigenvalue weighted by atomic mass is 9.77. The fourth-order valence-corrected chi connectivity index (χ4v) is 2.50. The van der Waals surface area contributed by atoms with Gasteiger partial charge in [-0.3, -0.25) is 9.59 Å². The van der Waals surface area contributed by atoms with Crippen LogP contribution in [-0.4, -0.2) is 50.6 Å². The first-order chi connectivity index (χ1) is 10.1. The topological polar surface area (TPSA) is 77.7 Å². The Morgan fingerprint density at radius 2 is 1.67 bits per heavy atom. The zero-order valence-corrected chi connectivity index (χ0v) is 12.0. The highest BCUT2D eigenvalue weighted by Gasteiger charge is 2.38. The predicted molar refractivity (Wildman–Crippen MR) is 71.3 cm³/mol. The quantitative estimate of drug-likeness (QED) is 0.408. The summed E-state index contributed by atoms with van der Waals surface area (Å²) in [5.74, 6) is -1.38. The summed E-state index contributed by atoms with van der Waals surface area (Å²) in [6.45, 7) is 3.81. The van der Waals surface area contributed by atoms with Gasteiger partial charge in [0, 0.05) is 0 Å². The molecule has 116 valence electrons. The van der Waals surface area contributed by atoms with E-state index < -0.39 is 5.92 Å². The number of epoxide rings is 2. The first-order valence-electron chi connectivity index (χ1n) is 7.38. The molecule has 2 fully saturated rings. The van der Waals surface area contributed by atoms with E-state index in [4.69, 9.17) is 18.9 Å². The maximum absolute atomic E-state index is 12.1. The van der Waals surface area contributed by atoms with Crippen LogP contribution in [0.5, 0.6) is 0 Å². The molecule has 5 atom stereocenters. The van der Waals surface area contributed by atoms with E-state index in [2.05, 4.69) is 0 Å². The fourth-order valence-electron chi connectivity index (χ4n) is 2.50. The second kappa shape index (κ2) is 6.15. The average Bonchev–Trinajstić information content (AvgIpc) is 3.37. The second-order valence-electron chi connectivity index (χ2n) is 5.83. The van der Waals surface area contributed by atoms with Crippen molar-refractivity contribution in [3.63, 3.8) is 0 Å². The summed E-state index contributed by atoms with van der Waals surface area (Å²) < 4.78 is 20.5. The fraction of sp³-hybridized carbons (Fsp3) is 0.733. The minimum absolute atomic E-state index is 0.0520. The first-order valence-corrected chi connectivity index (χ1v) is 7.38. The maximum atomic E-state index is 12.1. The van der Waals surface area contributed by atoms with Crippen molar-refractivity contribution in [2.45, 2.75) is 25.6 Å². The lowest BCUT2D eigenvalue weighted by Crippen LogP contribution is -2.35. The smallest absolute Gasteiger partial charge is 0.313 e. The molecule has 0 saturated carbocycles. The Balaban J connectivity index is 1.52. The highest BCUT2D eigenvalue weighted by molar-refractivity contribution is 5.79. The van der Waals surface area contributed by atoms with Gasteiger partial charge in [0.2, 0.25) is 0 Å². The van der Waals surface area contributed by atoms with Gasteiger partial charge in [-0.05, 0) is 12.3 Å². The molecular weight excluding hydrogens is 276 g/mol. The SMILES string of the molecule is CC1C(C(=O)OCC2CO2)C=CCC1C(=O)OCC1CO1. The molecule has 1 aliphatic carbocycles. The molecule has 0 spiro atoms. The van der Waals surface area contributed by atoms with Crippen LogP contribution in [0.2, 0.25) is 0 Å². The van der Waals surface area contributed by atoms with Gasteiger partial charge < -0.3 is 18.9 Å². The van der Waals surface area contributed by atoms with Gasteiger partial charge in [0.1, 0.15) is 25.4 Å². The average molecular weight is 296 g/mol. The largest absolute Gasteiger partial charge is 0.463 e. The van der Waals surface area contributed by atoms with Crippen LogP contribution < -0.4 is 0 Å². The molecule has 0 amide bonds. The van der Waals surface area contributed by atoms with Crippen molar-refractivity contribution in [2.75, 3.05) is 26.4 Å². The molecule has 2 heterocycles. The lowest BCUT2D eigenvalue weighted by Gasteiger charge is -2.29. The molecule has 0 aromatic heterocycles. The summed E-state index contributed by atoms with van der Waals surface area (Å²) in [7, 11) is 0. The number of ether oxygens (including phenoxy) is 4. The number of hydrogen-bond acceptors (Lipinski definition) is 6. The van der Waals surface area contributed by atoms with Crippen LogP contribution in [0.4, 0.5) is 0 Å². The van der Waals surface area contributed by atoms with Crippen LogP contribution in [0.25, 0.3) is 0 Å². The van der Waals surface area contributed by atoms with Crippen molar-refractivity contribution >= 4 is 11.9 Å². The third kappa shape index (κ3) is 3.83. The van der Waals surface area contributed by atoms with E-state index in [0.717, 1.165) is 0 Å². The number of allylic oxidation sites excluding steroid dienone is 1. The highest BCUT2D eigenvalue weighted by atomic mass is 16.6. The summed E-state index contributed by atoms with van der Waals surface area (Å²) in [6, 6.07) is 0. The molecule has 5 unspecified atom stereocenters. The van der Waals surface area contributed by atoms with Gasteiger partial charge in [0.15, 0.2) is 0 Å². The van der Waals surface area contributed by atoms with E-state index >= 15 is 0 Å². The van der Waals surface area contributed by atoms with Crippen LogP contribution in [-0.2, 0) is 28.5 Å². The van der Waals surface area contributed by atoms with E-state index in [0.29, 0.717) is 32.8 Å². The zero-order chi connectivity index (χ0) is 14.8. The molecule has 0 aromatic carbocycles. The second-order valence-corrected chi connectivity index (χ2v) is 5.83. The van der Waals surface area contributed by atoms with Crippen molar-refractivity contribution in [3.05, 3.63) is 12.2 Å². The third-order valence-electron chi connectivity index (χ3n) is 4.14. The van der Waals surface area contributed by atoms with Crippen molar-refractivity contribution in [1.29, 1.82) is 0 Å². The molecular formula is C15H20O6. The summed E-state index contributed by atoms with van der Waals surface area (Å²) in [4.78, 5) is 24.2. The standard InChI is InChI=1S/C15H20O6/c1-9-12(14(16)20-7-10-5-18-10)3-2-4-13(9)15(17)21-8-11-6-19-11/h2-3,9-13H,4-8H2,1H3. The maximum Gasteiger partial charge on any atom is 0.313 e. The molecule has 21 heavy (non-hydrogen) atoms. The van der Waals surface area contributed by atoms with Crippen molar-refractivity contribution in [2.24, 2.45) is 17.8 Å². The number of carbonyl (C=O) groups excluding carboxylic acids is 2. The Hall–Kier alpha value is -1.40. The monoisotopic (exact) mass is 296 g/mol. The Morgan fingerprint density at radius 3 is 2.24 bits per heavy atom. The number of esters is 2. The molecule has 3 aliphatic rings. The van der Waals surface area contributed by atoms with E-state index in [1.54, 1.807) is 0 Å². The van der Waals surface area contributed by atoms with Gasteiger partial charge in [0.05, 0.1) is 25.0 Å². The van der Waals surface area contributed by atoms with Crippen molar-refractivity contribution in [3.8, 4) is 0 Å². The molecule has 2 saturated heterocycles. The zero-order valence-electron chi connectivity index (χ0n) is 12.0. The number of rotatable bonds is 6. The van der Waals surface area contributed by atoms with Crippen LogP contribution in [0.1, 0.15) is 13.3 Å². The minimum atomic E-state index is -0.396. The van der Waals surface area contributed by atoms with E-state index in [-0.39, 0.29) is 36.0 Å². The Morgan fingerprint density at radius 1 is 1.10 bits per heavy atom. The predicted octanol–water partition coefficient (Wildman–Crippen LogP) is 0.699. The molecule has 6 heteroatoms. The Labute approximate surface area is 123 Å². The Bertz CT molecular complexity index is 437. The van der Waals surface area contributed by atoms with Crippen LogP contribution in [0.3, 0.4) is 0 Å². The molecule has 0 aromatic rings. The van der Waals surface area contributed by atoms with Gasteiger partial charge >= 0.3 is 11.9 Å². The minimum Gasteiger partial charge on any atom is -0.463 e. The molecule has 0 N–H and O–H groups in total. The van der Waals surface area contributed by atoms with Gasteiger partial charge in [0.25, 0.3) is 0 Å². The molecule has 3 rings (SSSR count). The number of hydrogen-bond donors (Lipinski definition) is 0. The molecule has 2 aliphatic heterocycles. The third-order valence-corrected chi connectivity index (χ3v) is 4.14. The van der Waals surface area contributed by atoms with E-state index in [9.17, 15) is 9.59 Å². The van der Waals surface area contributed by atoms with Gasteiger partial charge in [-0.2, -0.15) is 0 Å². The Kier molecular flexibility index (Phi) is 4.26. The summed E-state index contributed by atoms with van der Waals surface area (Å²) in [6.07, 6.45) is 4.40. The highest BCUT2D eigenvalue weighted by Crippen LogP contribution is 2.32. The van der Waals surface area contributed by atoms with Crippen LogP contribution in [0, 0.1) is 17.8 Å². The van der Waals surface area contributed by atoms with Crippen LogP contribution >= 0.6 is 0 Å². The lowest BCUT2D eigenvalue weighted by molar-refractivity contribution is -0.155. The summed E-state index contributed by atoms with van der Waals surface area (Å²) in [5, 5.41) is 0. The summed E-state index contributed by atoms with van der Waals surface area (Å²) in [5.41, 5.74) is 0. The van der Waals surface area contributed by atoms with E-state index in [1.807, 2.05) is 19.1 Å². The van der Waals surface area contributed by atoms with E-state index in [1.165, 1.54) is 0 Å². The van der Waals surface area contributed by atoms with Gasteiger partial charge in [-0.1, -0.05) is 19.1 Å². The molecule has 0 bridgehead atoms. The number of carbonyl (C=O) groups is 2. The molecule has 6 nitrogen and oxygen atoms in total. The van der Waals surface area contributed by atoms with Crippen molar-refractivity contribution in [1.82, 2.24) is 0 Å². The van der Waals surface area contributed by atoms with Gasteiger partial charge in [-0.25, -0.2) is 0 Å². The van der Waals surface area contributed by atoms with Gasteiger partial charge in [-0.15, -0.1) is 0 Å². The van der Waals surface area contributed by atoms with Crippen molar-refractivity contribution < 1.29 is 28.5 Å². The normalized spacial score (nSPS) is 36.9.